The summed E-state index contributed by atoms with van der Waals surface area (Å²) in [7, 11) is 0. The normalized spacial score (nSPS) is 10.2. The third-order valence-corrected chi connectivity index (χ3v) is 3.16. The van der Waals surface area contributed by atoms with Crippen molar-refractivity contribution in [2.75, 3.05) is 0 Å². The molecule has 0 fully saturated rings. The summed E-state index contributed by atoms with van der Waals surface area (Å²) in [5.41, 5.74) is 0. The van der Waals surface area contributed by atoms with Crippen LogP contribution in [0.15, 0.2) is 39.3 Å². The third kappa shape index (κ3) is 1.64. The van der Waals surface area contributed by atoms with Gasteiger partial charge in [-0.05, 0) is 11.4 Å². The van der Waals surface area contributed by atoms with E-state index in [1.807, 2.05) is 12.3 Å². The molecule has 0 amide bonds. The standard InChI is InChI=1S/C7H6N2S2/c1-2-7(10-3-1)11-6-4-8-5-9-6/h1-5H,(H,8,9). The van der Waals surface area contributed by atoms with Crippen LogP contribution in [0, 0.1) is 0 Å². The lowest BCUT2D eigenvalue weighted by molar-refractivity contribution is 1.20. The summed E-state index contributed by atoms with van der Waals surface area (Å²) in [4.78, 5) is 6.96. The van der Waals surface area contributed by atoms with Gasteiger partial charge in [0.05, 0.1) is 21.8 Å². The highest BCUT2D eigenvalue weighted by Gasteiger charge is 1.97. The molecule has 0 unspecified atom stereocenters. The molecular weight excluding hydrogens is 176 g/mol. The highest BCUT2D eigenvalue weighted by molar-refractivity contribution is 8.01. The average Bonchev–Trinajstić information content (AvgIpc) is 2.60. The summed E-state index contributed by atoms with van der Waals surface area (Å²) in [6, 6.07) is 4.14. The Morgan fingerprint density at radius 3 is 3.18 bits per heavy atom. The van der Waals surface area contributed by atoms with Crippen LogP contribution in [0.1, 0.15) is 0 Å². The molecule has 0 bridgehead atoms. The Hall–Kier alpha value is -0.740. The lowest BCUT2D eigenvalue weighted by atomic mass is 10.7. The maximum atomic E-state index is 3.93. The van der Waals surface area contributed by atoms with Crippen molar-refractivity contribution in [3.05, 3.63) is 30.0 Å². The number of hydrogen-bond donors (Lipinski definition) is 1. The molecule has 4 heteroatoms. The maximum Gasteiger partial charge on any atom is 0.0975 e. The summed E-state index contributed by atoms with van der Waals surface area (Å²) in [5, 5.41) is 3.16. The summed E-state index contributed by atoms with van der Waals surface area (Å²) < 4.78 is 1.29. The minimum Gasteiger partial charge on any atom is -0.340 e. The first kappa shape index (κ1) is 6.94. The van der Waals surface area contributed by atoms with E-state index in [0.717, 1.165) is 5.03 Å². The van der Waals surface area contributed by atoms with Crippen LogP contribution in [0.2, 0.25) is 0 Å². The number of nitrogens with one attached hydrogen (secondary N) is 1. The van der Waals surface area contributed by atoms with Crippen molar-refractivity contribution in [3.8, 4) is 0 Å². The van der Waals surface area contributed by atoms with Crippen LogP contribution < -0.4 is 0 Å². The van der Waals surface area contributed by atoms with Crippen LogP contribution in [0.3, 0.4) is 0 Å². The number of nitrogens with zero attached hydrogens (tertiary/aromatic N) is 1. The van der Waals surface area contributed by atoms with Gasteiger partial charge in [-0.15, -0.1) is 11.3 Å². The fourth-order valence-corrected chi connectivity index (χ4v) is 2.39. The van der Waals surface area contributed by atoms with Crippen molar-refractivity contribution >= 4 is 23.1 Å². The summed E-state index contributed by atoms with van der Waals surface area (Å²) in [6.07, 6.45) is 3.51. The van der Waals surface area contributed by atoms with Gasteiger partial charge in [-0.1, -0.05) is 17.8 Å². The zero-order valence-electron chi connectivity index (χ0n) is 5.65. The van der Waals surface area contributed by atoms with Crippen LogP contribution in [0.5, 0.6) is 0 Å². The molecule has 0 aliphatic rings. The van der Waals surface area contributed by atoms with E-state index in [2.05, 4.69) is 21.4 Å². The number of H-pyrrole nitrogens is 1. The second kappa shape index (κ2) is 3.11. The van der Waals surface area contributed by atoms with Gasteiger partial charge in [0.25, 0.3) is 0 Å². The van der Waals surface area contributed by atoms with Crippen LogP contribution in [0.25, 0.3) is 0 Å². The van der Waals surface area contributed by atoms with E-state index in [1.165, 1.54) is 4.21 Å². The van der Waals surface area contributed by atoms with Gasteiger partial charge in [0.1, 0.15) is 0 Å². The highest BCUT2D eigenvalue weighted by atomic mass is 32.2. The summed E-state index contributed by atoms with van der Waals surface area (Å²) in [6.45, 7) is 0. The second-order valence-electron chi connectivity index (χ2n) is 1.95. The number of hydrogen-bond acceptors (Lipinski definition) is 3. The molecule has 2 rings (SSSR count). The van der Waals surface area contributed by atoms with E-state index in [1.54, 1.807) is 29.4 Å². The van der Waals surface area contributed by atoms with Crippen LogP contribution in [-0.4, -0.2) is 9.97 Å². The molecule has 0 atom stereocenters. The molecule has 0 saturated carbocycles. The van der Waals surface area contributed by atoms with Crippen molar-refractivity contribution in [2.45, 2.75) is 9.24 Å². The average molecular weight is 182 g/mol. The van der Waals surface area contributed by atoms with Gasteiger partial charge >= 0.3 is 0 Å². The smallest absolute Gasteiger partial charge is 0.0975 e. The Kier molecular flexibility index (Phi) is 1.96. The van der Waals surface area contributed by atoms with Crippen molar-refractivity contribution in [1.29, 1.82) is 0 Å². The molecule has 2 aromatic heterocycles. The molecule has 0 saturated heterocycles. The molecule has 0 aliphatic carbocycles. The first-order valence-corrected chi connectivity index (χ1v) is 4.84. The van der Waals surface area contributed by atoms with Gasteiger partial charge in [0.2, 0.25) is 0 Å². The highest BCUT2D eigenvalue weighted by Crippen LogP contribution is 2.28. The minimum absolute atomic E-state index is 1.09. The van der Waals surface area contributed by atoms with Gasteiger partial charge in [-0.2, -0.15) is 0 Å². The van der Waals surface area contributed by atoms with Gasteiger partial charge in [-0.25, -0.2) is 4.98 Å². The maximum absolute atomic E-state index is 3.93. The summed E-state index contributed by atoms with van der Waals surface area (Å²) >= 11 is 3.44. The van der Waals surface area contributed by atoms with Gasteiger partial charge < -0.3 is 4.98 Å². The third-order valence-electron chi connectivity index (χ3n) is 1.18. The number of imidazole rings is 1. The Labute approximate surface area is 72.7 Å². The number of aromatic amines is 1. The molecule has 0 aliphatic heterocycles. The van der Waals surface area contributed by atoms with Gasteiger partial charge in [0, 0.05) is 0 Å². The van der Waals surface area contributed by atoms with Crippen molar-refractivity contribution in [1.82, 2.24) is 9.97 Å². The zero-order chi connectivity index (χ0) is 7.52. The second-order valence-corrected chi connectivity index (χ2v) is 4.24. The van der Waals surface area contributed by atoms with Gasteiger partial charge in [-0.3, -0.25) is 0 Å². The minimum atomic E-state index is 1.09. The molecule has 0 radical (unpaired) electrons. The van der Waals surface area contributed by atoms with Crippen molar-refractivity contribution in [3.63, 3.8) is 0 Å². The molecule has 2 aromatic rings. The largest absolute Gasteiger partial charge is 0.340 e. The predicted molar refractivity (Wildman–Crippen MR) is 47.0 cm³/mol. The SMILES string of the molecule is c1csc(Sc2cnc[nH]2)c1. The van der Waals surface area contributed by atoms with E-state index in [4.69, 9.17) is 0 Å². The predicted octanol–water partition coefficient (Wildman–Crippen LogP) is 2.62. The molecule has 1 N–H and O–H groups in total. The lowest BCUT2D eigenvalue weighted by Crippen LogP contribution is -1.64. The Bertz CT molecular complexity index is 267. The van der Waals surface area contributed by atoms with E-state index >= 15 is 0 Å². The first-order valence-electron chi connectivity index (χ1n) is 3.15. The molecular formula is C7H6N2S2. The Balaban J connectivity index is 2.14. The molecule has 0 spiro atoms. The van der Waals surface area contributed by atoms with E-state index in [0.29, 0.717) is 0 Å². The summed E-state index contributed by atoms with van der Waals surface area (Å²) in [5.74, 6) is 0. The number of rotatable bonds is 2. The van der Waals surface area contributed by atoms with Crippen molar-refractivity contribution in [2.24, 2.45) is 0 Å². The van der Waals surface area contributed by atoms with E-state index < -0.39 is 0 Å². The number of aromatic nitrogens is 2. The lowest BCUT2D eigenvalue weighted by Gasteiger charge is -1.89. The van der Waals surface area contributed by atoms with Gasteiger partial charge in [0.15, 0.2) is 0 Å². The molecule has 2 heterocycles. The Morgan fingerprint density at radius 2 is 2.55 bits per heavy atom. The monoisotopic (exact) mass is 182 g/mol. The van der Waals surface area contributed by atoms with E-state index in [-0.39, 0.29) is 0 Å². The fourth-order valence-electron chi connectivity index (χ4n) is 0.729. The van der Waals surface area contributed by atoms with Crippen LogP contribution in [0.4, 0.5) is 0 Å². The topological polar surface area (TPSA) is 28.7 Å². The molecule has 11 heavy (non-hydrogen) atoms. The van der Waals surface area contributed by atoms with E-state index in [9.17, 15) is 0 Å². The quantitative estimate of drug-likeness (QED) is 0.773. The zero-order valence-corrected chi connectivity index (χ0v) is 7.28. The molecule has 2 nitrogen and oxygen atoms in total. The molecule has 56 valence electrons. The number of thiophene rings is 1. The van der Waals surface area contributed by atoms with Crippen molar-refractivity contribution < 1.29 is 0 Å². The Morgan fingerprint density at radius 1 is 1.55 bits per heavy atom. The van der Waals surface area contributed by atoms with Crippen LogP contribution >= 0.6 is 23.1 Å². The first-order chi connectivity index (χ1) is 5.45. The fraction of sp³-hybridized carbons (Fsp3) is 0. The molecule has 0 aromatic carbocycles. The van der Waals surface area contributed by atoms with Crippen LogP contribution in [-0.2, 0) is 0 Å².